The molecular weight excluding hydrogens is 404 g/mol. The summed E-state index contributed by atoms with van der Waals surface area (Å²) in [6, 6.07) is 17.0. The van der Waals surface area contributed by atoms with Crippen LogP contribution in [-0.4, -0.2) is 69.8 Å². The number of carbonyl (C=O) groups excluding carboxylic acids is 1. The number of piperazine rings is 1. The maximum Gasteiger partial charge on any atom is 0.244 e. The first-order chi connectivity index (χ1) is 15.7. The lowest BCUT2D eigenvalue weighted by molar-refractivity contribution is -0.132. The SMILES string of the molecule is O=C(Cn1cncn1)N1CCOc2ccc(CN3CCN(c4ccccc4)CC3)cc2C1. The van der Waals surface area contributed by atoms with Gasteiger partial charge >= 0.3 is 0 Å². The molecule has 0 aliphatic carbocycles. The van der Waals surface area contributed by atoms with Crippen molar-refractivity contribution in [2.75, 3.05) is 44.2 Å². The fourth-order valence-corrected chi connectivity index (χ4v) is 4.37. The number of ether oxygens (including phenoxy) is 1. The molecule has 2 aromatic carbocycles. The number of benzene rings is 2. The highest BCUT2D eigenvalue weighted by molar-refractivity contribution is 5.76. The number of carbonyl (C=O) groups is 1. The average molecular weight is 433 g/mol. The van der Waals surface area contributed by atoms with Crippen LogP contribution in [0.25, 0.3) is 0 Å². The lowest BCUT2D eigenvalue weighted by atomic mass is 10.1. The number of fused-ring (bicyclic) bond motifs is 1. The molecule has 0 radical (unpaired) electrons. The smallest absolute Gasteiger partial charge is 0.244 e. The molecule has 0 N–H and O–H groups in total. The van der Waals surface area contributed by atoms with Crippen LogP contribution in [0.15, 0.2) is 61.2 Å². The van der Waals surface area contributed by atoms with Crippen LogP contribution in [0, 0.1) is 0 Å². The molecule has 1 fully saturated rings. The van der Waals surface area contributed by atoms with E-state index in [0.717, 1.165) is 44.0 Å². The zero-order chi connectivity index (χ0) is 21.8. The normalized spacial score (nSPS) is 16.9. The van der Waals surface area contributed by atoms with E-state index in [9.17, 15) is 4.79 Å². The molecule has 166 valence electrons. The van der Waals surface area contributed by atoms with E-state index in [1.807, 2.05) is 4.90 Å². The highest BCUT2D eigenvalue weighted by Crippen LogP contribution is 2.26. The molecule has 0 atom stereocenters. The third kappa shape index (κ3) is 4.75. The first kappa shape index (κ1) is 20.5. The molecule has 8 heteroatoms. The van der Waals surface area contributed by atoms with Crippen LogP contribution >= 0.6 is 0 Å². The van der Waals surface area contributed by atoms with Gasteiger partial charge in [0.1, 0.15) is 31.6 Å². The van der Waals surface area contributed by atoms with Gasteiger partial charge in [0.25, 0.3) is 0 Å². The van der Waals surface area contributed by atoms with Crippen molar-refractivity contribution in [3.05, 3.63) is 72.3 Å². The molecule has 8 nitrogen and oxygen atoms in total. The van der Waals surface area contributed by atoms with E-state index in [4.69, 9.17) is 4.74 Å². The van der Waals surface area contributed by atoms with Crippen molar-refractivity contribution in [1.29, 1.82) is 0 Å². The maximum absolute atomic E-state index is 12.7. The summed E-state index contributed by atoms with van der Waals surface area (Å²) < 4.78 is 7.48. The molecule has 0 spiro atoms. The summed E-state index contributed by atoms with van der Waals surface area (Å²) in [5.41, 5.74) is 3.62. The van der Waals surface area contributed by atoms with Crippen molar-refractivity contribution in [2.24, 2.45) is 0 Å². The van der Waals surface area contributed by atoms with Gasteiger partial charge in [-0.05, 0) is 29.8 Å². The van der Waals surface area contributed by atoms with Gasteiger partial charge in [-0.25, -0.2) is 9.67 Å². The van der Waals surface area contributed by atoms with Gasteiger partial charge in [-0.15, -0.1) is 0 Å². The standard InChI is InChI=1S/C24H28N6O2/c31-24(17-30-19-25-18-26-30)29-12-13-32-23-7-6-20(14-21(23)16-29)15-27-8-10-28(11-9-27)22-4-2-1-3-5-22/h1-7,14,18-19H,8-13,15-17H2. The summed E-state index contributed by atoms with van der Waals surface area (Å²) in [6.07, 6.45) is 3.01. The lowest BCUT2D eigenvalue weighted by Gasteiger charge is -2.36. The Kier molecular flexibility index (Phi) is 6.02. The monoisotopic (exact) mass is 432 g/mol. The molecule has 0 saturated carbocycles. The van der Waals surface area contributed by atoms with Gasteiger partial charge < -0.3 is 14.5 Å². The predicted octanol–water partition coefficient (Wildman–Crippen LogP) is 2.02. The minimum atomic E-state index is 0.0226. The molecule has 3 aromatic rings. The summed E-state index contributed by atoms with van der Waals surface area (Å²) in [6.45, 7) is 6.85. The number of hydrogen-bond acceptors (Lipinski definition) is 6. The third-order valence-electron chi connectivity index (χ3n) is 6.12. The van der Waals surface area contributed by atoms with Crippen molar-refractivity contribution in [2.45, 2.75) is 19.6 Å². The van der Waals surface area contributed by atoms with E-state index in [0.29, 0.717) is 19.7 Å². The van der Waals surface area contributed by atoms with Crippen LogP contribution in [0.1, 0.15) is 11.1 Å². The van der Waals surface area contributed by atoms with Gasteiger partial charge in [-0.1, -0.05) is 24.3 Å². The molecule has 0 bridgehead atoms. The number of nitrogens with zero attached hydrogens (tertiary/aromatic N) is 6. The van der Waals surface area contributed by atoms with Crippen LogP contribution in [0.2, 0.25) is 0 Å². The Morgan fingerprint density at radius 2 is 1.84 bits per heavy atom. The molecule has 0 unspecified atom stereocenters. The number of para-hydroxylation sites is 1. The Morgan fingerprint density at radius 3 is 2.62 bits per heavy atom. The first-order valence-electron chi connectivity index (χ1n) is 11.1. The number of aromatic nitrogens is 3. The second-order valence-corrected chi connectivity index (χ2v) is 8.30. The Morgan fingerprint density at radius 1 is 1.00 bits per heavy atom. The van der Waals surface area contributed by atoms with E-state index in [1.165, 1.54) is 17.6 Å². The van der Waals surface area contributed by atoms with Crippen molar-refractivity contribution >= 4 is 11.6 Å². The summed E-state index contributed by atoms with van der Waals surface area (Å²) >= 11 is 0. The average Bonchev–Trinajstić information content (AvgIpc) is 3.24. The highest BCUT2D eigenvalue weighted by Gasteiger charge is 2.22. The molecule has 1 saturated heterocycles. The van der Waals surface area contributed by atoms with Crippen LogP contribution < -0.4 is 9.64 Å². The van der Waals surface area contributed by atoms with Gasteiger partial charge in [0.05, 0.1) is 6.54 Å². The summed E-state index contributed by atoms with van der Waals surface area (Å²) in [5.74, 6) is 0.896. The Hall–Kier alpha value is -3.39. The molecule has 32 heavy (non-hydrogen) atoms. The third-order valence-corrected chi connectivity index (χ3v) is 6.12. The van der Waals surface area contributed by atoms with E-state index in [-0.39, 0.29) is 12.5 Å². The number of rotatable bonds is 5. The summed E-state index contributed by atoms with van der Waals surface area (Å²) in [7, 11) is 0. The quantitative estimate of drug-likeness (QED) is 0.615. The largest absolute Gasteiger partial charge is 0.491 e. The number of amides is 1. The van der Waals surface area contributed by atoms with E-state index in [1.54, 1.807) is 11.0 Å². The molecule has 3 heterocycles. The second-order valence-electron chi connectivity index (χ2n) is 8.30. The number of anilines is 1. The zero-order valence-corrected chi connectivity index (χ0v) is 18.1. The van der Waals surface area contributed by atoms with Crippen molar-refractivity contribution < 1.29 is 9.53 Å². The van der Waals surface area contributed by atoms with E-state index >= 15 is 0 Å². The topological polar surface area (TPSA) is 66.7 Å². The fraction of sp³-hybridized carbons (Fsp3) is 0.375. The Balaban J connectivity index is 1.21. The zero-order valence-electron chi connectivity index (χ0n) is 18.1. The second kappa shape index (κ2) is 9.40. The van der Waals surface area contributed by atoms with Crippen LogP contribution in [-0.2, 0) is 24.4 Å². The molecule has 2 aliphatic rings. The van der Waals surface area contributed by atoms with Crippen molar-refractivity contribution in [3.8, 4) is 5.75 Å². The van der Waals surface area contributed by atoms with Gasteiger partial charge in [-0.2, -0.15) is 5.10 Å². The van der Waals surface area contributed by atoms with E-state index in [2.05, 4.69) is 68.4 Å². The first-order valence-corrected chi connectivity index (χ1v) is 11.1. The predicted molar refractivity (Wildman–Crippen MR) is 121 cm³/mol. The maximum atomic E-state index is 12.7. The Bertz CT molecular complexity index is 1030. The molecule has 1 amide bonds. The fourth-order valence-electron chi connectivity index (χ4n) is 4.37. The number of hydrogen-bond donors (Lipinski definition) is 0. The van der Waals surface area contributed by atoms with Crippen LogP contribution in [0.5, 0.6) is 5.75 Å². The van der Waals surface area contributed by atoms with Crippen molar-refractivity contribution in [3.63, 3.8) is 0 Å². The minimum Gasteiger partial charge on any atom is -0.491 e. The Labute approximate surface area is 188 Å². The molecular formula is C24H28N6O2. The molecule has 2 aliphatic heterocycles. The highest BCUT2D eigenvalue weighted by atomic mass is 16.5. The summed E-state index contributed by atoms with van der Waals surface area (Å²) in [4.78, 5) is 23.4. The van der Waals surface area contributed by atoms with Crippen molar-refractivity contribution in [1.82, 2.24) is 24.6 Å². The minimum absolute atomic E-state index is 0.0226. The van der Waals surface area contributed by atoms with Gasteiger partial charge in [0.2, 0.25) is 5.91 Å². The van der Waals surface area contributed by atoms with Gasteiger partial charge in [-0.3, -0.25) is 9.69 Å². The van der Waals surface area contributed by atoms with Gasteiger partial charge in [0.15, 0.2) is 0 Å². The molecule has 1 aromatic heterocycles. The van der Waals surface area contributed by atoms with Crippen LogP contribution in [0.3, 0.4) is 0 Å². The lowest BCUT2D eigenvalue weighted by Crippen LogP contribution is -2.45. The summed E-state index contributed by atoms with van der Waals surface area (Å²) in [5, 5.41) is 4.04. The molecule has 5 rings (SSSR count). The van der Waals surface area contributed by atoms with Crippen LogP contribution in [0.4, 0.5) is 5.69 Å². The van der Waals surface area contributed by atoms with E-state index < -0.39 is 0 Å². The van der Waals surface area contributed by atoms with Gasteiger partial charge in [0, 0.05) is 50.5 Å².